The van der Waals surface area contributed by atoms with E-state index < -0.39 is 5.54 Å². The number of carbonyl (C=O) groups is 2. The lowest BCUT2D eigenvalue weighted by Crippen LogP contribution is -2.67. The van der Waals surface area contributed by atoms with Crippen LogP contribution in [0.1, 0.15) is 22.5 Å². The molecule has 0 unspecified atom stereocenters. The molecule has 0 saturated carbocycles. The highest BCUT2D eigenvalue weighted by atomic mass is 16.5. The number of aromatic nitrogens is 1. The standard InChI is InChI=1S/C23H23N3O4/c1-29-17-7-8-18-15(11-17)12-19(24-18)22(28)26-10-9-23(16-5-3-2-4-6-16)20(13-26)30-14-21(27)25-23/h2-8,11-12,20,24H,9-10,13-14H2,1H3,(H,25,27)/t20-,23+/m1/s1. The van der Waals surface area contributed by atoms with Crippen molar-refractivity contribution < 1.29 is 19.1 Å². The van der Waals surface area contributed by atoms with Gasteiger partial charge in [-0.05, 0) is 36.2 Å². The maximum absolute atomic E-state index is 13.2. The van der Waals surface area contributed by atoms with E-state index in [2.05, 4.69) is 10.3 Å². The fourth-order valence-corrected chi connectivity index (χ4v) is 4.56. The first-order valence-corrected chi connectivity index (χ1v) is 10.0. The molecule has 2 fully saturated rings. The summed E-state index contributed by atoms with van der Waals surface area (Å²) in [6, 6.07) is 17.4. The molecular weight excluding hydrogens is 382 g/mol. The third kappa shape index (κ3) is 3.02. The first-order valence-electron chi connectivity index (χ1n) is 10.0. The molecule has 2 N–H and O–H groups in total. The van der Waals surface area contributed by atoms with Crippen LogP contribution in [0.25, 0.3) is 10.9 Å². The Morgan fingerprint density at radius 3 is 2.83 bits per heavy atom. The van der Waals surface area contributed by atoms with Crippen LogP contribution in [0.15, 0.2) is 54.6 Å². The predicted octanol–water partition coefficient (Wildman–Crippen LogP) is 2.43. The van der Waals surface area contributed by atoms with E-state index in [9.17, 15) is 9.59 Å². The quantitative estimate of drug-likeness (QED) is 0.701. The number of carbonyl (C=O) groups excluding carboxylic acids is 2. The summed E-state index contributed by atoms with van der Waals surface area (Å²) in [6.45, 7) is 0.937. The lowest BCUT2D eigenvalue weighted by molar-refractivity contribution is -0.150. The monoisotopic (exact) mass is 405 g/mol. The van der Waals surface area contributed by atoms with Gasteiger partial charge in [-0.2, -0.15) is 0 Å². The van der Waals surface area contributed by atoms with Crippen molar-refractivity contribution in [1.29, 1.82) is 0 Å². The molecule has 7 heteroatoms. The number of rotatable bonds is 3. The number of hydrogen-bond donors (Lipinski definition) is 2. The Bertz CT molecular complexity index is 1110. The zero-order chi connectivity index (χ0) is 20.7. The molecule has 3 heterocycles. The van der Waals surface area contributed by atoms with Gasteiger partial charge in [0, 0.05) is 24.0 Å². The lowest BCUT2D eigenvalue weighted by atomic mass is 9.77. The van der Waals surface area contributed by atoms with Gasteiger partial charge in [0.25, 0.3) is 5.91 Å². The van der Waals surface area contributed by atoms with Crippen molar-refractivity contribution in [3.63, 3.8) is 0 Å². The molecule has 2 aliphatic heterocycles. The van der Waals surface area contributed by atoms with E-state index >= 15 is 0 Å². The van der Waals surface area contributed by atoms with Crippen LogP contribution in [-0.2, 0) is 15.1 Å². The molecule has 30 heavy (non-hydrogen) atoms. The Morgan fingerprint density at radius 1 is 1.20 bits per heavy atom. The van der Waals surface area contributed by atoms with Gasteiger partial charge in [-0.15, -0.1) is 0 Å². The topological polar surface area (TPSA) is 83.7 Å². The molecule has 2 amide bonds. The fourth-order valence-electron chi connectivity index (χ4n) is 4.56. The molecule has 0 aliphatic carbocycles. The van der Waals surface area contributed by atoms with Crippen molar-refractivity contribution in [2.45, 2.75) is 18.1 Å². The van der Waals surface area contributed by atoms with Crippen LogP contribution in [0.2, 0.25) is 0 Å². The first-order chi connectivity index (χ1) is 14.6. The Hall–Kier alpha value is -3.32. The van der Waals surface area contributed by atoms with Crippen molar-refractivity contribution in [1.82, 2.24) is 15.2 Å². The van der Waals surface area contributed by atoms with Crippen LogP contribution in [0.5, 0.6) is 5.75 Å². The molecule has 2 aromatic carbocycles. The molecule has 0 spiro atoms. The van der Waals surface area contributed by atoms with E-state index in [0.717, 1.165) is 22.2 Å². The average Bonchev–Trinajstić information content (AvgIpc) is 3.22. The van der Waals surface area contributed by atoms with E-state index in [4.69, 9.17) is 9.47 Å². The van der Waals surface area contributed by atoms with Crippen LogP contribution >= 0.6 is 0 Å². The van der Waals surface area contributed by atoms with Crippen LogP contribution in [0.3, 0.4) is 0 Å². The highest BCUT2D eigenvalue weighted by Crippen LogP contribution is 2.37. The number of H-pyrrole nitrogens is 1. The number of ether oxygens (including phenoxy) is 2. The summed E-state index contributed by atoms with van der Waals surface area (Å²) < 4.78 is 11.2. The second kappa shape index (κ2) is 7.18. The maximum atomic E-state index is 13.2. The molecule has 154 valence electrons. The number of morpholine rings is 1. The van der Waals surface area contributed by atoms with E-state index in [1.54, 1.807) is 12.0 Å². The lowest BCUT2D eigenvalue weighted by Gasteiger charge is -2.50. The van der Waals surface area contributed by atoms with Crippen molar-refractivity contribution in [3.8, 4) is 5.75 Å². The minimum Gasteiger partial charge on any atom is -0.497 e. The summed E-state index contributed by atoms with van der Waals surface area (Å²) in [7, 11) is 1.62. The summed E-state index contributed by atoms with van der Waals surface area (Å²) in [5.41, 5.74) is 1.82. The summed E-state index contributed by atoms with van der Waals surface area (Å²) in [4.78, 5) is 30.4. The second-order valence-electron chi connectivity index (χ2n) is 7.82. The minimum atomic E-state index is -0.610. The zero-order valence-electron chi connectivity index (χ0n) is 16.7. The summed E-state index contributed by atoms with van der Waals surface area (Å²) in [5, 5.41) is 4.08. The van der Waals surface area contributed by atoms with Gasteiger partial charge in [-0.25, -0.2) is 0 Å². The summed E-state index contributed by atoms with van der Waals surface area (Å²) in [6.07, 6.45) is 0.285. The second-order valence-corrected chi connectivity index (χ2v) is 7.82. The van der Waals surface area contributed by atoms with Crippen molar-refractivity contribution >= 4 is 22.7 Å². The molecule has 7 nitrogen and oxygen atoms in total. The normalized spacial score (nSPS) is 23.7. The van der Waals surface area contributed by atoms with Crippen LogP contribution < -0.4 is 10.1 Å². The van der Waals surface area contributed by atoms with Crippen LogP contribution in [-0.4, -0.2) is 54.6 Å². The Balaban J connectivity index is 1.42. The number of amides is 2. The van der Waals surface area contributed by atoms with E-state index in [1.807, 2.05) is 54.6 Å². The smallest absolute Gasteiger partial charge is 0.270 e. The van der Waals surface area contributed by atoms with Gasteiger partial charge in [0.2, 0.25) is 5.91 Å². The largest absolute Gasteiger partial charge is 0.497 e. The SMILES string of the molecule is COc1ccc2[nH]c(C(=O)N3CC[C@@]4(c5ccccc5)NC(=O)CO[C@@H]4C3)cc2c1. The van der Waals surface area contributed by atoms with Gasteiger partial charge in [-0.1, -0.05) is 30.3 Å². The molecule has 0 radical (unpaired) electrons. The van der Waals surface area contributed by atoms with Crippen LogP contribution in [0.4, 0.5) is 0 Å². The maximum Gasteiger partial charge on any atom is 0.270 e. The number of nitrogens with zero attached hydrogens (tertiary/aromatic N) is 1. The molecular formula is C23H23N3O4. The van der Waals surface area contributed by atoms with Crippen LogP contribution in [0, 0.1) is 0 Å². The molecule has 5 rings (SSSR count). The van der Waals surface area contributed by atoms with Gasteiger partial charge in [0.05, 0.1) is 12.6 Å². The highest BCUT2D eigenvalue weighted by Gasteiger charge is 2.49. The number of methoxy groups -OCH3 is 1. The summed E-state index contributed by atoms with van der Waals surface area (Å²) in [5.74, 6) is 0.546. The third-order valence-corrected chi connectivity index (χ3v) is 6.12. The zero-order valence-corrected chi connectivity index (χ0v) is 16.7. The molecule has 2 aliphatic rings. The summed E-state index contributed by atoms with van der Waals surface area (Å²) >= 11 is 0. The number of piperidine rings is 1. The van der Waals surface area contributed by atoms with Gasteiger partial charge >= 0.3 is 0 Å². The van der Waals surface area contributed by atoms with Gasteiger partial charge in [0.15, 0.2) is 0 Å². The molecule has 2 atom stereocenters. The minimum absolute atomic E-state index is 0.00740. The predicted molar refractivity (Wildman–Crippen MR) is 111 cm³/mol. The number of likely N-dealkylation sites (tertiary alicyclic amines) is 1. The van der Waals surface area contributed by atoms with Crippen molar-refractivity contribution in [2.75, 3.05) is 26.8 Å². The number of aromatic amines is 1. The number of nitrogens with one attached hydrogen (secondary N) is 2. The Morgan fingerprint density at radius 2 is 2.03 bits per heavy atom. The first kappa shape index (κ1) is 18.7. The Kier molecular flexibility index (Phi) is 4.47. The molecule has 3 aromatic rings. The number of fused-ring (bicyclic) bond motifs is 2. The van der Waals surface area contributed by atoms with Gasteiger partial charge in [0.1, 0.15) is 24.2 Å². The number of hydrogen-bond acceptors (Lipinski definition) is 4. The van der Waals surface area contributed by atoms with E-state index in [1.165, 1.54) is 0 Å². The van der Waals surface area contributed by atoms with Gasteiger partial charge in [-0.3, -0.25) is 9.59 Å². The van der Waals surface area contributed by atoms with Gasteiger partial charge < -0.3 is 24.7 Å². The average molecular weight is 405 g/mol. The highest BCUT2D eigenvalue weighted by molar-refractivity contribution is 5.98. The van der Waals surface area contributed by atoms with E-state index in [-0.39, 0.29) is 24.5 Å². The molecule has 0 bridgehead atoms. The fraction of sp³-hybridized carbons (Fsp3) is 0.304. The third-order valence-electron chi connectivity index (χ3n) is 6.12. The van der Waals surface area contributed by atoms with Crippen molar-refractivity contribution in [3.05, 3.63) is 65.9 Å². The van der Waals surface area contributed by atoms with Crippen molar-refractivity contribution in [2.24, 2.45) is 0 Å². The molecule has 2 saturated heterocycles. The molecule has 1 aromatic heterocycles. The van der Waals surface area contributed by atoms with E-state index in [0.29, 0.717) is 25.2 Å². The Labute approximate surface area is 174 Å². The number of benzene rings is 2.